The molecule has 8 nitrogen and oxygen atoms in total. The molecular formula is C12H13F3N6O2. The maximum absolute atomic E-state index is 12.1. The van der Waals surface area contributed by atoms with Crippen molar-refractivity contribution in [1.82, 2.24) is 30.5 Å². The van der Waals surface area contributed by atoms with Crippen LogP contribution in [0.1, 0.15) is 29.1 Å². The molecule has 0 fully saturated rings. The van der Waals surface area contributed by atoms with Crippen molar-refractivity contribution in [2.75, 3.05) is 6.61 Å². The Morgan fingerprint density at radius 1 is 1.48 bits per heavy atom. The van der Waals surface area contributed by atoms with E-state index in [0.717, 1.165) is 6.07 Å². The van der Waals surface area contributed by atoms with Crippen LogP contribution < -0.4 is 10.1 Å². The van der Waals surface area contributed by atoms with E-state index in [-0.39, 0.29) is 11.4 Å². The van der Waals surface area contributed by atoms with Crippen LogP contribution >= 0.6 is 0 Å². The Bertz CT molecular complexity index is 687. The lowest BCUT2D eigenvalue weighted by Gasteiger charge is -2.13. The molecule has 0 aliphatic rings. The zero-order chi connectivity index (χ0) is 17.0. The molecule has 0 aliphatic heterocycles. The van der Waals surface area contributed by atoms with Gasteiger partial charge in [0.1, 0.15) is 0 Å². The van der Waals surface area contributed by atoms with E-state index in [2.05, 4.69) is 30.6 Å². The second-order valence-electron chi connectivity index (χ2n) is 4.64. The maximum Gasteiger partial charge on any atom is 0.422 e. The van der Waals surface area contributed by atoms with E-state index in [9.17, 15) is 18.0 Å². The highest BCUT2D eigenvalue weighted by Gasteiger charge is 2.28. The zero-order valence-corrected chi connectivity index (χ0v) is 12.2. The van der Waals surface area contributed by atoms with E-state index in [0.29, 0.717) is 5.82 Å². The minimum absolute atomic E-state index is 0.110. The number of carbonyl (C=O) groups excluding carboxylic acids is 1. The maximum atomic E-state index is 12.1. The van der Waals surface area contributed by atoms with Crippen LogP contribution in [0.15, 0.2) is 18.3 Å². The molecule has 0 spiro atoms. The number of tetrazole rings is 1. The lowest BCUT2D eigenvalue weighted by molar-refractivity contribution is -0.154. The van der Waals surface area contributed by atoms with E-state index in [4.69, 9.17) is 0 Å². The summed E-state index contributed by atoms with van der Waals surface area (Å²) in [6, 6.07) is 2.00. The molecule has 1 N–H and O–H groups in total. The monoisotopic (exact) mass is 330 g/mol. The van der Waals surface area contributed by atoms with Gasteiger partial charge in [0.15, 0.2) is 12.4 Å². The zero-order valence-electron chi connectivity index (χ0n) is 12.2. The number of carbonyl (C=O) groups is 1. The van der Waals surface area contributed by atoms with Crippen molar-refractivity contribution in [2.45, 2.75) is 19.1 Å². The van der Waals surface area contributed by atoms with Gasteiger partial charge in [-0.1, -0.05) is 0 Å². The van der Waals surface area contributed by atoms with Crippen LogP contribution in [-0.2, 0) is 7.05 Å². The van der Waals surface area contributed by atoms with Crippen molar-refractivity contribution in [3.63, 3.8) is 0 Å². The topological polar surface area (TPSA) is 94.8 Å². The van der Waals surface area contributed by atoms with Crippen molar-refractivity contribution < 1.29 is 22.7 Å². The molecule has 0 radical (unpaired) electrons. The Labute approximate surface area is 128 Å². The van der Waals surface area contributed by atoms with E-state index < -0.39 is 24.7 Å². The molecular weight excluding hydrogens is 317 g/mol. The third-order valence-corrected chi connectivity index (χ3v) is 2.77. The van der Waals surface area contributed by atoms with E-state index in [1.54, 1.807) is 14.0 Å². The van der Waals surface area contributed by atoms with E-state index in [1.165, 1.54) is 16.9 Å². The van der Waals surface area contributed by atoms with Gasteiger partial charge in [-0.15, -0.1) is 5.10 Å². The molecule has 2 heterocycles. The van der Waals surface area contributed by atoms with Crippen molar-refractivity contribution in [3.05, 3.63) is 29.7 Å². The molecule has 23 heavy (non-hydrogen) atoms. The number of nitrogens with zero attached hydrogens (tertiary/aromatic N) is 5. The molecule has 2 aromatic heterocycles. The Morgan fingerprint density at radius 3 is 2.83 bits per heavy atom. The van der Waals surface area contributed by atoms with Crippen LogP contribution in [-0.4, -0.2) is 43.9 Å². The van der Waals surface area contributed by atoms with Crippen LogP contribution in [0.3, 0.4) is 0 Å². The molecule has 0 saturated heterocycles. The molecule has 0 aromatic carbocycles. The smallest absolute Gasteiger partial charge is 0.422 e. The number of nitrogens with one attached hydrogen (secondary N) is 1. The van der Waals surface area contributed by atoms with Gasteiger partial charge in [0.05, 0.1) is 6.04 Å². The summed E-state index contributed by atoms with van der Waals surface area (Å²) in [5, 5.41) is 13.5. The van der Waals surface area contributed by atoms with Crippen molar-refractivity contribution >= 4 is 5.91 Å². The van der Waals surface area contributed by atoms with Crippen molar-refractivity contribution in [2.24, 2.45) is 7.05 Å². The predicted octanol–water partition coefficient (Wildman–Crippen LogP) is 1.04. The molecule has 0 bridgehead atoms. The van der Waals surface area contributed by atoms with Gasteiger partial charge in [0.2, 0.25) is 5.88 Å². The first kappa shape index (κ1) is 16.6. The summed E-state index contributed by atoms with van der Waals surface area (Å²) >= 11 is 0. The number of alkyl halides is 3. The van der Waals surface area contributed by atoms with Gasteiger partial charge in [0, 0.05) is 24.9 Å². The Morgan fingerprint density at radius 2 is 2.22 bits per heavy atom. The molecule has 1 amide bonds. The summed E-state index contributed by atoms with van der Waals surface area (Å²) in [5.74, 6) is -0.372. The summed E-state index contributed by atoms with van der Waals surface area (Å²) in [5.41, 5.74) is 0.110. The van der Waals surface area contributed by atoms with Crippen molar-refractivity contribution in [3.8, 4) is 5.88 Å². The molecule has 1 atom stereocenters. The summed E-state index contributed by atoms with van der Waals surface area (Å²) in [6.45, 7) is 0.192. The van der Waals surface area contributed by atoms with Gasteiger partial charge in [-0.2, -0.15) is 13.2 Å². The van der Waals surface area contributed by atoms with Gasteiger partial charge in [-0.05, 0) is 23.4 Å². The van der Waals surface area contributed by atoms with Crippen molar-refractivity contribution in [1.29, 1.82) is 0 Å². The molecule has 2 rings (SSSR count). The first-order valence-corrected chi connectivity index (χ1v) is 6.45. The Balaban J connectivity index is 2.03. The third-order valence-electron chi connectivity index (χ3n) is 2.77. The van der Waals surface area contributed by atoms with Gasteiger partial charge < -0.3 is 10.1 Å². The molecule has 11 heteroatoms. The standard InChI is InChI=1S/C12H13F3N6O2/c1-7(10-18-19-20-21(10)2)17-11(22)8-3-4-16-9(5-8)23-6-12(13,14)15/h3-5,7H,6H2,1-2H3,(H,17,22)/t7-/m1/s1. The number of rotatable bonds is 5. The second kappa shape index (κ2) is 6.58. The summed E-state index contributed by atoms with van der Waals surface area (Å²) < 4.78 is 42.2. The number of halogens is 3. The van der Waals surface area contributed by atoms with Crippen LogP contribution in [0.4, 0.5) is 13.2 Å². The largest absolute Gasteiger partial charge is 0.468 e. The molecule has 0 aliphatic carbocycles. The van der Waals surface area contributed by atoms with Crippen LogP contribution in [0.25, 0.3) is 0 Å². The first-order chi connectivity index (χ1) is 10.8. The number of aryl methyl sites for hydroxylation is 1. The summed E-state index contributed by atoms with van der Waals surface area (Å²) in [7, 11) is 1.62. The minimum Gasteiger partial charge on any atom is -0.468 e. The number of pyridine rings is 1. The molecule has 124 valence electrons. The molecule has 0 unspecified atom stereocenters. The average molecular weight is 330 g/mol. The lowest BCUT2D eigenvalue weighted by atomic mass is 10.2. The Kier molecular flexibility index (Phi) is 4.77. The summed E-state index contributed by atoms with van der Waals surface area (Å²) in [4.78, 5) is 15.7. The fourth-order valence-corrected chi connectivity index (χ4v) is 1.73. The molecule has 0 saturated carbocycles. The fraction of sp³-hybridized carbons (Fsp3) is 0.417. The number of hydrogen-bond donors (Lipinski definition) is 1. The van der Waals surface area contributed by atoms with Gasteiger partial charge in [0.25, 0.3) is 5.91 Å². The van der Waals surface area contributed by atoms with Crippen LogP contribution in [0, 0.1) is 0 Å². The number of ether oxygens (including phenoxy) is 1. The highest BCUT2D eigenvalue weighted by Crippen LogP contribution is 2.18. The number of hydrogen-bond acceptors (Lipinski definition) is 6. The number of aromatic nitrogens is 5. The SMILES string of the molecule is C[C@@H](NC(=O)c1ccnc(OCC(F)(F)F)c1)c1nnnn1C. The van der Waals surface area contributed by atoms with Gasteiger partial charge in [-0.25, -0.2) is 9.67 Å². The van der Waals surface area contributed by atoms with Crippen LogP contribution in [0.5, 0.6) is 5.88 Å². The predicted molar refractivity (Wildman–Crippen MR) is 70.5 cm³/mol. The quantitative estimate of drug-likeness (QED) is 0.880. The lowest BCUT2D eigenvalue weighted by Crippen LogP contribution is -2.28. The van der Waals surface area contributed by atoms with E-state index >= 15 is 0 Å². The van der Waals surface area contributed by atoms with Gasteiger partial charge in [-0.3, -0.25) is 4.79 Å². The molecule has 2 aromatic rings. The normalized spacial score (nSPS) is 12.7. The number of amides is 1. The summed E-state index contributed by atoms with van der Waals surface area (Å²) in [6.07, 6.45) is -3.29. The Hall–Kier alpha value is -2.72. The minimum atomic E-state index is -4.48. The second-order valence-corrected chi connectivity index (χ2v) is 4.64. The highest BCUT2D eigenvalue weighted by atomic mass is 19.4. The average Bonchev–Trinajstić information content (AvgIpc) is 2.91. The van der Waals surface area contributed by atoms with Gasteiger partial charge >= 0.3 is 6.18 Å². The fourth-order valence-electron chi connectivity index (χ4n) is 1.73. The van der Waals surface area contributed by atoms with Crippen LogP contribution in [0.2, 0.25) is 0 Å². The highest BCUT2D eigenvalue weighted by molar-refractivity contribution is 5.94. The first-order valence-electron chi connectivity index (χ1n) is 6.45. The van der Waals surface area contributed by atoms with E-state index in [1.807, 2.05) is 0 Å². The third kappa shape index (κ3) is 4.63.